The van der Waals surface area contributed by atoms with Gasteiger partial charge in [0.2, 0.25) is 5.91 Å². The second-order valence-corrected chi connectivity index (χ2v) is 4.87. The highest BCUT2D eigenvalue weighted by molar-refractivity contribution is 5.90. The number of aryl methyl sites for hydroxylation is 2. The highest BCUT2D eigenvalue weighted by Gasteiger charge is 2.07. The van der Waals surface area contributed by atoms with E-state index in [4.69, 9.17) is 4.74 Å². The van der Waals surface area contributed by atoms with E-state index in [-0.39, 0.29) is 5.91 Å². The number of hydrogen-bond acceptors (Lipinski definition) is 2. The minimum Gasteiger partial charge on any atom is -0.494 e. The number of benzene rings is 1. The fraction of sp³-hybridized carbons (Fsp3) is 0.294. The van der Waals surface area contributed by atoms with E-state index in [2.05, 4.69) is 5.32 Å². The number of aromatic nitrogens is 1. The van der Waals surface area contributed by atoms with E-state index in [0.29, 0.717) is 19.6 Å². The molecule has 1 aromatic heterocycles. The molecule has 4 nitrogen and oxygen atoms in total. The first-order valence-corrected chi connectivity index (χ1v) is 7.16. The molecule has 1 aromatic carbocycles. The van der Waals surface area contributed by atoms with Crippen LogP contribution in [0.4, 0.5) is 5.69 Å². The average molecular weight is 285 g/mol. The Morgan fingerprint density at radius 2 is 1.81 bits per heavy atom. The number of nitrogens with zero attached hydrogens (tertiary/aromatic N) is 1. The molecule has 21 heavy (non-hydrogen) atoms. The van der Waals surface area contributed by atoms with E-state index in [1.54, 1.807) is 0 Å². The molecule has 0 aliphatic heterocycles. The quantitative estimate of drug-likeness (QED) is 0.829. The topological polar surface area (TPSA) is 42.2 Å². The molecule has 1 N–H and O–H groups in total. The largest absolute Gasteiger partial charge is 0.494 e. The number of carbonyl (C=O) groups is 1. The molecule has 0 radical (unpaired) electrons. The molecule has 0 aliphatic rings. The van der Waals surface area contributed by atoms with Crippen molar-refractivity contribution in [3.05, 3.63) is 54.4 Å². The minimum atomic E-state index is 0.00670. The lowest BCUT2D eigenvalue weighted by Crippen LogP contribution is -2.34. The summed E-state index contributed by atoms with van der Waals surface area (Å²) >= 11 is 0. The van der Waals surface area contributed by atoms with E-state index < -0.39 is 0 Å². The first-order valence-electron chi connectivity index (χ1n) is 7.16. The third kappa shape index (κ3) is 4.91. The van der Waals surface area contributed by atoms with Crippen LogP contribution in [-0.2, 0) is 11.3 Å². The molecule has 4 heteroatoms. The zero-order chi connectivity index (χ0) is 15.1. The lowest BCUT2D eigenvalue weighted by atomic mass is 10.3. The number of amides is 1. The molecular weight excluding hydrogens is 264 g/mol. The van der Waals surface area contributed by atoms with Crippen LogP contribution in [-0.4, -0.2) is 12.5 Å². The van der Waals surface area contributed by atoms with Crippen LogP contribution in [0.3, 0.4) is 0 Å². The number of anilines is 1. The van der Waals surface area contributed by atoms with Crippen LogP contribution < -0.4 is 14.6 Å². The van der Waals surface area contributed by atoms with Gasteiger partial charge in [0.15, 0.2) is 18.9 Å². The van der Waals surface area contributed by atoms with Gasteiger partial charge in [-0.25, -0.2) is 4.57 Å². The molecule has 2 rings (SSSR count). The van der Waals surface area contributed by atoms with Crippen molar-refractivity contribution < 1.29 is 14.1 Å². The minimum absolute atomic E-state index is 0.00670. The predicted molar refractivity (Wildman–Crippen MR) is 82.2 cm³/mol. The Bertz CT molecular complexity index is 577. The number of carbonyl (C=O) groups excluding carboxylic acids is 1. The van der Waals surface area contributed by atoms with Gasteiger partial charge in [-0.15, -0.1) is 0 Å². The monoisotopic (exact) mass is 285 g/mol. The van der Waals surface area contributed by atoms with E-state index in [1.165, 1.54) is 5.56 Å². The molecule has 1 amide bonds. The summed E-state index contributed by atoms with van der Waals surface area (Å²) in [5, 5.41) is 2.89. The fourth-order valence-corrected chi connectivity index (χ4v) is 1.94. The second kappa shape index (κ2) is 7.43. The van der Waals surface area contributed by atoms with Gasteiger partial charge in [0.05, 0.1) is 13.0 Å². The molecule has 0 saturated carbocycles. The van der Waals surface area contributed by atoms with E-state index in [0.717, 1.165) is 11.4 Å². The first-order chi connectivity index (χ1) is 10.2. The van der Waals surface area contributed by atoms with Gasteiger partial charge in [0.25, 0.3) is 0 Å². The van der Waals surface area contributed by atoms with E-state index in [1.807, 2.05) is 67.2 Å². The molecule has 0 saturated heterocycles. The molecule has 1 heterocycles. The van der Waals surface area contributed by atoms with Crippen molar-refractivity contribution in [3.63, 3.8) is 0 Å². The van der Waals surface area contributed by atoms with Crippen molar-refractivity contribution in [2.75, 3.05) is 11.9 Å². The summed E-state index contributed by atoms with van der Waals surface area (Å²) in [5.41, 5.74) is 2.00. The maximum absolute atomic E-state index is 11.9. The SMILES string of the molecule is CCOc1ccc(NC(=O)CC[n+]2ccc(C)cc2)cc1. The summed E-state index contributed by atoms with van der Waals surface area (Å²) in [6.45, 7) is 5.30. The summed E-state index contributed by atoms with van der Waals surface area (Å²) < 4.78 is 7.37. The Balaban J connectivity index is 1.82. The van der Waals surface area contributed by atoms with Gasteiger partial charge >= 0.3 is 0 Å². The Hall–Kier alpha value is -2.36. The van der Waals surface area contributed by atoms with Crippen molar-refractivity contribution in [1.29, 1.82) is 0 Å². The third-order valence-electron chi connectivity index (χ3n) is 3.10. The van der Waals surface area contributed by atoms with Gasteiger partial charge in [-0.2, -0.15) is 0 Å². The van der Waals surface area contributed by atoms with Crippen LogP contribution in [0.25, 0.3) is 0 Å². The third-order valence-corrected chi connectivity index (χ3v) is 3.10. The van der Waals surface area contributed by atoms with Gasteiger partial charge in [0.1, 0.15) is 5.75 Å². The molecule has 0 spiro atoms. The van der Waals surface area contributed by atoms with E-state index >= 15 is 0 Å². The lowest BCUT2D eigenvalue weighted by Gasteiger charge is -2.06. The Morgan fingerprint density at radius 3 is 2.43 bits per heavy atom. The Morgan fingerprint density at radius 1 is 1.14 bits per heavy atom. The van der Waals surface area contributed by atoms with Gasteiger partial charge in [-0.1, -0.05) is 0 Å². The number of nitrogens with one attached hydrogen (secondary N) is 1. The highest BCUT2D eigenvalue weighted by Crippen LogP contribution is 2.15. The van der Waals surface area contributed by atoms with Crippen LogP contribution >= 0.6 is 0 Å². The van der Waals surface area contributed by atoms with Crippen molar-refractivity contribution in [2.24, 2.45) is 0 Å². The number of ether oxygens (including phenoxy) is 1. The van der Waals surface area contributed by atoms with Crippen molar-refractivity contribution in [3.8, 4) is 5.75 Å². The van der Waals surface area contributed by atoms with Crippen LogP contribution in [0, 0.1) is 6.92 Å². The van der Waals surface area contributed by atoms with E-state index in [9.17, 15) is 4.79 Å². The van der Waals surface area contributed by atoms with Crippen molar-refractivity contribution >= 4 is 11.6 Å². The summed E-state index contributed by atoms with van der Waals surface area (Å²) in [6, 6.07) is 11.5. The van der Waals surface area contributed by atoms with Crippen LogP contribution in [0.5, 0.6) is 5.75 Å². The van der Waals surface area contributed by atoms with Crippen LogP contribution in [0.1, 0.15) is 18.9 Å². The van der Waals surface area contributed by atoms with Crippen LogP contribution in [0.2, 0.25) is 0 Å². The normalized spacial score (nSPS) is 10.2. The molecule has 2 aromatic rings. The molecule has 0 unspecified atom stereocenters. The second-order valence-electron chi connectivity index (χ2n) is 4.87. The van der Waals surface area contributed by atoms with Gasteiger partial charge in [-0.05, 0) is 43.7 Å². The zero-order valence-electron chi connectivity index (χ0n) is 12.5. The molecule has 0 fully saturated rings. The van der Waals surface area contributed by atoms with Gasteiger partial charge in [-0.3, -0.25) is 4.79 Å². The summed E-state index contributed by atoms with van der Waals surface area (Å²) in [4.78, 5) is 11.9. The molecule has 0 bridgehead atoms. The zero-order valence-corrected chi connectivity index (χ0v) is 12.5. The first kappa shape index (κ1) is 15.0. The lowest BCUT2D eigenvalue weighted by molar-refractivity contribution is -0.695. The van der Waals surface area contributed by atoms with Crippen LogP contribution in [0.15, 0.2) is 48.8 Å². The maximum Gasteiger partial charge on any atom is 0.230 e. The average Bonchev–Trinajstić information content (AvgIpc) is 2.49. The molecule has 0 aliphatic carbocycles. The Labute approximate surface area is 125 Å². The number of hydrogen-bond donors (Lipinski definition) is 1. The summed E-state index contributed by atoms with van der Waals surface area (Å²) in [7, 11) is 0. The molecule has 0 atom stereocenters. The predicted octanol–water partition coefficient (Wildman–Crippen LogP) is 2.71. The smallest absolute Gasteiger partial charge is 0.230 e. The number of pyridine rings is 1. The van der Waals surface area contributed by atoms with Gasteiger partial charge in [0, 0.05) is 17.8 Å². The van der Waals surface area contributed by atoms with Crippen molar-refractivity contribution in [1.82, 2.24) is 0 Å². The van der Waals surface area contributed by atoms with Gasteiger partial charge < -0.3 is 10.1 Å². The standard InChI is InChI=1S/C17H20N2O2/c1-3-21-16-6-4-15(5-7-16)18-17(20)10-13-19-11-8-14(2)9-12-19/h4-9,11-12H,3,10,13H2,1-2H3/p+1. The molecular formula is C17H21N2O2+. The molecule has 110 valence electrons. The van der Waals surface area contributed by atoms with Crippen molar-refractivity contribution in [2.45, 2.75) is 26.8 Å². The Kier molecular flexibility index (Phi) is 5.32. The fourth-order valence-electron chi connectivity index (χ4n) is 1.94. The summed E-state index contributed by atoms with van der Waals surface area (Å²) in [6.07, 6.45) is 4.42. The summed E-state index contributed by atoms with van der Waals surface area (Å²) in [5.74, 6) is 0.818. The maximum atomic E-state index is 11.9. The number of rotatable bonds is 6. The highest BCUT2D eigenvalue weighted by atomic mass is 16.5.